The predicted molar refractivity (Wildman–Crippen MR) is 82.1 cm³/mol. The molecule has 0 aliphatic heterocycles. The van der Waals surface area contributed by atoms with E-state index in [9.17, 15) is 4.79 Å². The molecule has 2 aromatic rings. The Hall–Kier alpha value is -2.29. The minimum Gasteiger partial charge on any atom is -0.497 e. The van der Waals surface area contributed by atoms with Crippen LogP contribution in [-0.4, -0.2) is 13.0 Å². The Morgan fingerprint density at radius 2 is 1.86 bits per heavy atom. The lowest BCUT2D eigenvalue weighted by Gasteiger charge is -2.06. The molecule has 3 heteroatoms. The topological polar surface area (TPSA) is 38.3 Å². The van der Waals surface area contributed by atoms with Gasteiger partial charge in [0.05, 0.1) is 7.11 Å². The van der Waals surface area contributed by atoms with Gasteiger partial charge in [-0.05, 0) is 35.6 Å². The van der Waals surface area contributed by atoms with E-state index in [2.05, 4.69) is 17.4 Å². The Labute approximate surface area is 124 Å². The van der Waals surface area contributed by atoms with Crippen LogP contribution in [-0.2, 0) is 11.3 Å². The fraction of sp³-hybridized carbons (Fsp3) is 0.278. The minimum absolute atomic E-state index is 0.130. The highest BCUT2D eigenvalue weighted by Gasteiger charge is 2.43. The van der Waals surface area contributed by atoms with Gasteiger partial charge in [0.1, 0.15) is 5.75 Å². The molecule has 0 spiro atoms. The van der Waals surface area contributed by atoms with Crippen molar-refractivity contribution in [2.75, 3.05) is 7.11 Å². The molecule has 0 aromatic heterocycles. The fourth-order valence-electron chi connectivity index (χ4n) is 2.62. The highest BCUT2D eigenvalue weighted by molar-refractivity contribution is 5.82. The van der Waals surface area contributed by atoms with E-state index < -0.39 is 0 Å². The number of methoxy groups -OCH3 is 1. The van der Waals surface area contributed by atoms with Gasteiger partial charge in [-0.25, -0.2) is 0 Å². The molecule has 3 nitrogen and oxygen atoms in total. The molecule has 2 atom stereocenters. The SMILES string of the molecule is COc1ccc(CNC(=O)[C@H]2C[C@@H]2c2ccccc2)cc1. The van der Waals surface area contributed by atoms with Crippen molar-refractivity contribution in [3.8, 4) is 5.75 Å². The molecule has 1 aliphatic rings. The summed E-state index contributed by atoms with van der Waals surface area (Å²) in [6.45, 7) is 0.570. The van der Waals surface area contributed by atoms with Crippen LogP contribution in [0.5, 0.6) is 5.75 Å². The smallest absolute Gasteiger partial charge is 0.224 e. The number of benzene rings is 2. The van der Waals surface area contributed by atoms with Gasteiger partial charge in [-0.15, -0.1) is 0 Å². The second-order valence-corrected chi connectivity index (χ2v) is 5.43. The van der Waals surface area contributed by atoms with E-state index in [1.807, 2.05) is 42.5 Å². The standard InChI is InChI=1S/C18H19NO2/c1-21-15-9-7-13(8-10-15)12-19-18(20)17-11-16(17)14-5-3-2-4-6-14/h2-10,16-17H,11-12H2,1H3,(H,19,20)/t16-,17+/m1/s1. The van der Waals surface area contributed by atoms with Crippen LogP contribution in [0, 0.1) is 5.92 Å². The molecule has 1 N–H and O–H groups in total. The molecule has 108 valence electrons. The zero-order chi connectivity index (χ0) is 14.7. The Morgan fingerprint density at radius 3 is 2.52 bits per heavy atom. The maximum Gasteiger partial charge on any atom is 0.224 e. The van der Waals surface area contributed by atoms with Crippen LogP contribution >= 0.6 is 0 Å². The van der Waals surface area contributed by atoms with Crippen molar-refractivity contribution in [2.24, 2.45) is 5.92 Å². The van der Waals surface area contributed by atoms with Gasteiger partial charge in [0.2, 0.25) is 5.91 Å². The molecule has 3 rings (SSSR count). The molecule has 0 saturated heterocycles. The summed E-state index contributed by atoms with van der Waals surface area (Å²) in [5.41, 5.74) is 2.35. The number of hydrogen-bond donors (Lipinski definition) is 1. The molecule has 0 heterocycles. The van der Waals surface area contributed by atoms with Crippen molar-refractivity contribution in [2.45, 2.75) is 18.9 Å². The summed E-state index contributed by atoms with van der Waals surface area (Å²) in [7, 11) is 1.65. The third-order valence-corrected chi connectivity index (χ3v) is 3.98. The van der Waals surface area contributed by atoms with Crippen LogP contribution in [0.3, 0.4) is 0 Å². The Morgan fingerprint density at radius 1 is 1.14 bits per heavy atom. The zero-order valence-electron chi connectivity index (χ0n) is 12.1. The van der Waals surface area contributed by atoms with Crippen molar-refractivity contribution >= 4 is 5.91 Å². The van der Waals surface area contributed by atoms with Gasteiger partial charge in [-0.3, -0.25) is 4.79 Å². The van der Waals surface area contributed by atoms with Crippen molar-refractivity contribution in [3.05, 3.63) is 65.7 Å². The summed E-state index contributed by atoms with van der Waals surface area (Å²) in [4.78, 5) is 12.1. The molecule has 0 bridgehead atoms. The number of hydrogen-bond acceptors (Lipinski definition) is 2. The average molecular weight is 281 g/mol. The normalized spacial score (nSPS) is 19.9. The van der Waals surface area contributed by atoms with Crippen molar-refractivity contribution in [1.82, 2.24) is 5.32 Å². The Balaban J connectivity index is 1.51. The number of ether oxygens (including phenoxy) is 1. The van der Waals surface area contributed by atoms with E-state index in [-0.39, 0.29) is 11.8 Å². The van der Waals surface area contributed by atoms with Crippen molar-refractivity contribution < 1.29 is 9.53 Å². The van der Waals surface area contributed by atoms with E-state index >= 15 is 0 Å². The number of carbonyl (C=O) groups excluding carboxylic acids is 1. The molecular weight excluding hydrogens is 262 g/mol. The lowest BCUT2D eigenvalue weighted by molar-refractivity contribution is -0.122. The quantitative estimate of drug-likeness (QED) is 0.914. The highest BCUT2D eigenvalue weighted by atomic mass is 16.5. The molecule has 0 radical (unpaired) electrons. The van der Waals surface area contributed by atoms with Gasteiger partial charge in [0, 0.05) is 12.5 Å². The molecule has 21 heavy (non-hydrogen) atoms. The molecule has 1 amide bonds. The minimum atomic E-state index is 0.130. The first-order valence-electron chi connectivity index (χ1n) is 7.23. The number of carbonyl (C=O) groups is 1. The first-order chi connectivity index (χ1) is 10.3. The first kappa shape index (κ1) is 13.7. The van der Waals surface area contributed by atoms with Gasteiger partial charge >= 0.3 is 0 Å². The maximum absolute atomic E-state index is 12.1. The Kier molecular flexibility index (Phi) is 3.91. The molecular formula is C18H19NO2. The molecule has 2 aromatic carbocycles. The van der Waals surface area contributed by atoms with E-state index in [0.717, 1.165) is 17.7 Å². The van der Waals surface area contributed by atoms with E-state index in [1.54, 1.807) is 7.11 Å². The van der Waals surface area contributed by atoms with E-state index in [0.29, 0.717) is 12.5 Å². The summed E-state index contributed by atoms with van der Waals surface area (Å²) in [5, 5.41) is 3.02. The van der Waals surface area contributed by atoms with Gasteiger partial charge in [-0.1, -0.05) is 42.5 Å². The van der Waals surface area contributed by atoms with Gasteiger partial charge in [0.15, 0.2) is 0 Å². The highest BCUT2D eigenvalue weighted by Crippen LogP contribution is 2.47. The van der Waals surface area contributed by atoms with Crippen molar-refractivity contribution in [1.29, 1.82) is 0 Å². The molecule has 1 aliphatic carbocycles. The largest absolute Gasteiger partial charge is 0.497 e. The average Bonchev–Trinajstić information content (AvgIpc) is 3.35. The third kappa shape index (κ3) is 3.24. The summed E-state index contributed by atoms with van der Waals surface area (Å²) in [6.07, 6.45) is 0.957. The summed E-state index contributed by atoms with van der Waals surface area (Å²) < 4.78 is 5.12. The molecule has 1 saturated carbocycles. The summed E-state index contributed by atoms with van der Waals surface area (Å²) in [6, 6.07) is 18.0. The van der Waals surface area contributed by atoms with Crippen LogP contribution in [0.25, 0.3) is 0 Å². The van der Waals surface area contributed by atoms with Crippen molar-refractivity contribution in [3.63, 3.8) is 0 Å². The van der Waals surface area contributed by atoms with E-state index in [4.69, 9.17) is 4.74 Å². The van der Waals surface area contributed by atoms with Gasteiger partial charge in [0.25, 0.3) is 0 Å². The van der Waals surface area contributed by atoms with E-state index in [1.165, 1.54) is 5.56 Å². The second-order valence-electron chi connectivity index (χ2n) is 5.43. The Bertz CT molecular complexity index is 607. The van der Waals surface area contributed by atoms with Gasteiger partial charge < -0.3 is 10.1 Å². The van der Waals surface area contributed by atoms with Crippen LogP contribution in [0.1, 0.15) is 23.5 Å². The van der Waals surface area contributed by atoms with Crippen LogP contribution < -0.4 is 10.1 Å². The van der Waals surface area contributed by atoms with Gasteiger partial charge in [-0.2, -0.15) is 0 Å². The first-order valence-corrected chi connectivity index (χ1v) is 7.23. The van der Waals surface area contributed by atoms with Crippen LogP contribution in [0.2, 0.25) is 0 Å². The van der Waals surface area contributed by atoms with Crippen LogP contribution in [0.4, 0.5) is 0 Å². The van der Waals surface area contributed by atoms with Crippen LogP contribution in [0.15, 0.2) is 54.6 Å². The summed E-state index contributed by atoms with van der Waals surface area (Å²) in [5.74, 6) is 1.50. The third-order valence-electron chi connectivity index (χ3n) is 3.98. The number of nitrogens with one attached hydrogen (secondary N) is 1. The lowest BCUT2D eigenvalue weighted by Crippen LogP contribution is -2.24. The second kappa shape index (κ2) is 6.00. The number of rotatable bonds is 5. The predicted octanol–water partition coefficient (Wildman–Crippen LogP) is 3.12. The molecule has 0 unspecified atom stereocenters. The summed E-state index contributed by atoms with van der Waals surface area (Å²) >= 11 is 0. The monoisotopic (exact) mass is 281 g/mol. The lowest BCUT2D eigenvalue weighted by atomic mass is 10.1. The zero-order valence-corrected chi connectivity index (χ0v) is 12.1. The fourth-order valence-corrected chi connectivity index (χ4v) is 2.62. The maximum atomic E-state index is 12.1. The number of amides is 1. The molecule has 1 fully saturated rings.